The van der Waals surface area contributed by atoms with Crippen LogP contribution >= 0.6 is 11.6 Å². The first-order valence-electron chi connectivity index (χ1n) is 8.89. The summed E-state index contributed by atoms with van der Waals surface area (Å²) in [4.78, 5) is 12.1. The number of hydrogen-bond donors (Lipinski definition) is 2. The first kappa shape index (κ1) is 22.5. The molecule has 0 saturated carbocycles. The maximum atomic E-state index is 13.3. The van der Waals surface area contributed by atoms with E-state index in [-0.39, 0.29) is 47.1 Å². The molecule has 30 heavy (non-hydrogen) atoms. The van der Waals surface area contributed by atoms with Gasteiger partial charge in [-0.1, -0.05) is 11.6 Å². The minimum atomic E-state index is -4.05. The normalized spacial score (nSPS) is 17.0. The van der Waals surface area contributed by atoms with Crippen molar-refractivity contribution in [2.75, 3.05) is 18.4 Å². The van der Waals surface area contributed by atoms with Gasteiger partial charge in [0.05, 0.1) is 10.6 Å². The zero-order valence-electron chi connectivity index (χ0n) is 15.8. The van der Waals surface area contributed by atoms with E-state index in [1.165, 1.54) is 16.4 Å². The van der Waals surface area contributed by atoms with E-state index in [0.717, 1.165) is 6.07 Å². The molecule has 1 saturated heterocycles. The van der Waals surface area contributed by atoms with Crippen LogP contribution in [0.5, 0.6) is 0 Å². The van der Waals surface area contributed by atoms with Gasteiger partial charge in [0.2, 0.25) is 10.0 Å². The largest absolute Gasteiger partial charge is 0.390 e. The Labute approximate surface area is 176 Å². The second kappa shape index (κ2) is 8.18. The number of piperidine rings is 1. The number of carbonyl (C=O) groups is 1. The zero-order chi connectivity index (χ0) is 22.3. The Morgan fingerprint density at radius 1 is 1.13 bits per heavy atom. The van der Waals surface area contributed by atoms with E-state index in [2.05, 4.69) is 5.32 Å². The van der Waals surface area contributed by atoms with Gasteiger partial charge in [-0.15, -0.1) is 0 Å². The summed E-state index contributed by atoms with van der Waals surface area (Å²) in [5, 5.41) is 12.1. The molecule has 2 N–H and O–H groups in total. The van der Waals surface area contributed by atoms with Crippen molar-refractivity contribution in [1.82, 2.24) is 4.31 Å². The fraction of sp³-hybridized carbons (Fsp3) is 0.316. The molecule has 0 aromatic heterocycles. The van der Waals surface area contributed by atoms with Gasteiger partial charge in [0, 0.05) is 36.5 Å². The fourth-order valence-corrected chi connectivity index (χ4v) is 4.96. The number of sulfonamides is 1. The van der Waals surface area contributed by atoms with Gasteiger partial charge in [-0.3, -0.25) is 4.79 Å². The molecule has 11 heteroatoms. The lowest BCUT2D eigenvalue weighted by molar-refractivity contribution is 0.0126. The summed E-state index contributed by atoms with van der Waals surface area (Å²) in [5.41, 5.74) is -1.43. The SMILES string of the molecule is CC1(O)CCN(S(=O)(=O)c2cc(C(=O)Nc3cc(F)c(F)c(F)c3)ccc2Cl)CC1. The van der Waals surface area contributed by atoms with Crippen molar-refractivity contribution in [3.05, 3.63) is 58.4 Å². The number of carbonyl (C=O) groups excluding carboxylic acids is 1. The number of hydrogen-bond acceptors (Lipinski definition) is 4. The molecular weight excluding hydrogens is 445 g/mol. The first-order chi connectivity index (χ1) is 13.9. The summed E-state index contributed by atoms with van der Waals surface area (Å²) in [6.07, 6.45) is 0.484. The highest BCUT2D eigenvalue weighted by atomic mass is 35.5. The Hall–Kier alpha value is -2.14. The maximum Gasteiger partial charge on any atom is 0.255 e. The molecule has 3 rings (SSSR count). The lowest BCUT2D eigenvalue weighted by Gasteiger charge is -2.35. The number of nitrogens with zero attached hydrogens (tertiary/aromatic N) is 1. The summed E-state index contributed by atoms with van der Waals surface area (Å²) in [5.74, 6) is -5.50. The zero-order valence-corrected chi connectivity index (χ0v) is 17.3. The van der Waals surface area contributed by atoms with Gasteiger partial charge in [0.15, 0.2) is 17.5 Å². The topological polar surface area (TPSA) is 86.7 Å². The van der Waals surface area contributed by atoms with Crippen LogP contribution in [0.3, 0.4) is 0 Å². The average Bonchev–Trinajstić information content (AvgIpc) is 2.65. The number of amides is 1. The third-order valence-corrected chi connectivity index (χ3v) is 7.23. The van der Waals surface area contributed by atoms with Gasteiger partial charge in [0.25, 0.3) is 5.91 Å². The molecule has 0 bridgehead atoms. The summed E-state index contributed by atoms with van der Waals surface area (Å²) < 4.78 is 66.8. The minimum absolute atomic E-state index is 0.0796. The van der Waals surface area contributed by atoms with Crippen molar-refractivity contribution >= 4 is 33.2 Å². The van der Waals surface area contributed by atoms with E-state index in [4.69, 9.17) is 11.6 Å². The third kappa shape index (κ3) is 4.61. The Bertz CT molecular complexity index is 1080. The predicted molar refractivity (Wildman–Crippen MR) is 104 cm³/mol. The highest BCUT2D eigenvalue weighted by Crippen LogP contribution is 2.30. The van der Waals surface area contributed by atoms with Crippen LogP contribution in [-0.2, 0) is 10.0 Å². The Kier molecular flexibility index (Phi) is 6.15. The van der Waals surface area contributed by atoms with E-state index in [1.807, 2.05) is 0 Å². The highest BCUT2D eigenvalue weighted by molar-refractivity contribution is 7.89. The number of halogens is 4. The second-order valence-corrected chi connectivity index (χ2v) is 9.57. The molecular formula is C19H18ClF3N2O4S. The monoisotopic (exact) mass is 462 g/mol. The first-order valence-corrected chi connectivity index (χ1v) is 10.7. The van der Waals surface area contributed by atoms with E-state index in [1.54, 1.807) is 6.92 Å². The predicted octanol–water partition coefficient (Wildman–Crippen LogP) is 3.55. The van der Waals surface area contributed by atoms with E-state index < -0.39 is 39.0 Å². The molecule has 0 atom stereocenters. The standard InChI is InChI=1S/C19H18ClF3N2O4S/c1-19(27)4-6-25(7-5-19)30(28,29)16-8-11(2-3-13(16)20)18(26)24-12-9-14(21)17(23)15(22)10-12/h2-3,8-10,27H,4-7H2,1H3,(H,24,26). The average molecular weight is 463 g/mol. The molecule has 1 amide bonds. The van der Waals surface area contributed by atoms with Crippen LogP contribution in [0.4, 0.5) is 18.9 Å². The summed E-state index contributed by atoms with van der Waals surface area (Å²) >= 11 is 6.05. The number of anilines is 1. The summed E-state index contributed by atoms with van der Waals surface area (Å²) in [7, 11) is -4.05. The van der Waals surface area contributed by atoms with Crippen molar-refractivity contribution in [2.45, 2.75) is 30.3 Å². The molecule has 162 valence electrons. The Morgan fingerprint density at radius 2 is 1.70 bits per heavy atom. The van der Waals surface area contributed by atoms with E-state index in [0.29, 0.717) is 12.1 Å². The number of aliphatic hydroxyl groups is 1. The number of benzene rings is 2. The van der Waals surface area contributed by atoms with Crippen molar-refractivity contribution in [3.8, 4) is 0 Å². The van der Waals surface area contributed by atoms with E-state index in [9.17, 15) is 31.5 Å². The lowest BCUT2D eigenvalue weighted by atomic mass is 9.95. The molecule has 1 aliphatic heterocycles. The third-order valence-electron chi connectivity index (χ3n) is 4.85. The quantitative estimate of drug-likeness (QED) is 0.680. The van der Waals surface area contributed by atoms with Crippen molar-refractivity contribution < 1.29 is 31.5 Å². The lowest BCUT2D eigenvalue weighted by Crippen LogP contribution is -2.45. The molecule has 0 radical (unpaired) electrons. The van der Waals surface area contributed by atoms with Crippen LogP contribution in [0, 0.1) is 17.5 Å². The molecule has 0 spiro atoms. The second-order valence-electron chi connectivity index (χ2n) is 7.25. The van der Waals surface area contributed by atoms with Gasteiger partial charge in [0.1, 0.15) is 4.90 Å². The molecule has 0 aliphatic carbocycles. The minimum Gasteiger partial charge on any atom is -0.390 e. The van der Waals surface area contributed by atoms with Crippen LogP contribution in [-0.4, -0.2) is 42.4 Å². The molecule has 2 aromatic rings. The fourth-order valence-electron chi connectivity index (χ4n) is 3.02. The van der Waals surface area contributed by atoms with Crippen LogP contribution < -0.4 is 5.32 Å². The molecule has 2 aromatic carbocycles. The van der Waals surface area contributed by atoms with E-state index >= 15 is 0 Å². The van der Waals surface area contributed by atoms with Crippen LogP contribution in [0.25, 0.3) is 0 Å². The molecule has 1 fully saturated rings. The van der Waals surface area contributed by atoms with Gasteiger partial charge in [-0.2, -0.15) is 4.31 Å². The Morgan fingerprint density at radius 3 is 2.27 bits per heavy atom. The molecule has 1 aliphatic rings. The molecule has 0 unspecified atom stereocenters. The van der Waals surface area contributed by atoms with Crippen LogP contribution in [0.15, 0.2) is 35.2 Å². The van der Waals surface area contributed by atoms with Crippen LogP contribution in [0.1, 0.15) is 30.1 Å². The van der Waals surface area contributed by atoms with Gasteiger partial charge >= 0.3 is 0 Å². The highest BCUT2D eigenvalue weighted by Gasteiger charge is 2.35. The number of nitrogens with one attached hydrogen (secondary N) is 1. The van der Waals surface area contributed by atoms with Gasteiger partial charge in [-0.25, -0.2) is 21.6 Å². The summed E-state index contributed by atoms with van der Waals surface area (Å²) in [6, 6.07) is 4.71. The Balaban J connectivity index is 1.87. The van der Waals surface area contributed by atoms with Gasteiger partial charge in [-0.05, 0) is 38.0 Å². The summed E-state index contributed by atoms with van der Waals surface area (Å²) in [6.45, 7) is 1.78. The maximum absolute atomic E-state index is 13.3. The van der Waals surface area contributed by atoms with Crippen molar-refractivity contribution in [3.63, 3.8) is 0 Å². The smallest absolute Gasteiger partial charge is 0.255 e. The molecule has 6 nitrogen and oxygen atoms in total. The van der Waals surface area contributed by atoms with Crippen molar-refractivity contribution in [1.29, 1.82) is 0 Å². The van der Waals surface area contributed by atoms with Crippen LogP contribution in [0.2, 0.25) is 5.02 Å². The number of rotatable bonds is 4. The van der Waals surface area contributed by atoms with Crippen molar-refractivity contribution in [2.24, 2.45) is 0 Å². The molecule has 1 heterocycles. The van der Waals surface area contributed by atoms with Gasteiger partial charge < -0.3 is 10.4 Å².